The molecule has 1 atom stereocenters. The SMILES string of the molecule is CC(Nc1nc2ccc(N)cc2o1)c1ccc(Cl)cc1Cl. The van der Waals surface area contributed by atoms with Crippen LogP contribution >= 0.6 is 23.2 Å². The normalized spacial score (nSPS) is 12.5. The van der Waals surface area contributed by atoms with Crippen LogP contribution in [0.5, 0.6) is 0 Å². The van der Waals surface area contributed by atoms with E-state index >= 15 is 0 Å². The van der Waals surface area contributed by atoms with Gasteiger partial charge in [-0.3, -0.25) is 0 Å². The van der Waals surface area contributed by atoms with Gasteiger partial charge in [-0.25, -0.2) is 0 Å². The minimum absolute atomic E-state index is 0.0693. The standard InChI is InChI=1S/C15H13Cl2N3O/c1-8(11-4-2-9(16)6-12(11)17)19-15-20-13-5-3-10(18)7-14(13)21-15/h2-8H,18H2,1H3,(H,19,20). The lowest BCUT2D eigenvalue weighted by molar-refractivity contribution is 0.604. The lowest BCUT2D eigenvalue weighted by atomic mass is 10.1. The van der Waals surface area contributed by atoms with Gasteiger partial charge in [-0.15, -0.1) is 0 Å². The molecule has 4 nitrogen and oxygen atoms in total. The minimum Gasteiger partial charge on any atom is -0.423 e. The fourth-order valence-electron chi connectivity index (χ4n) is 2.12. The highest BCUT2D eigenvalue weighted by atomic mass is 35.5. The number of nitrogens with zero attached hydrogens (tertiary/aromatic N) is 1. The topological polar surface area (TPSA) is 64.1 Å². The van der Waals surface area contributed by atoms with Crippen LogP contribution in [0.3, 0.4) is 0 Å². The quantitative estimate of drug-likeness (QED) is 0.674. The predicted octanol–water partition coefficient (Wildman–Crippen LogP) is 4.89. The molecule has 3 N–H and O–H groups in total. The Labute approximate surface area is 131 Å². The molecule has 1 heterocycles. The Morgan fingerprint density at radius 3 is 2.76 bits per heavy atom. The van der Waals surface area contributed by atoms with Crippen LogP contribution in [0.2, 0.25) is 10.0 Å². The van der Waals surface area contributed by atoms with Crippen LogP contribution in [0, 0.1) is 0 Å². The van der Waals surface area contributed by atoms with E-state index in [1.165, 1.54) is 0 Å². The molecule has 0 aliphatic heterocycles. The number of rotatable bonds is 3. The summed E-state index contributed by atoms with van der Waals surface area (Å²) in [4.78, 5) is 4.36. The molecule has 0 aliphatic carbocycles. The van der Waals surface area contributed by atoms with Gasteiger partial charge < -0.3 is 15.5 Å². The number of benzene rings is 2. The van der Waals surface area contributed by atoms with Crippen LogP contribution in [-0.4, -0.2) is 4.98 Å². The van der Waals surface area contributed by atoms with Gasteiger partial charge in [0.2, 0.25) is 0 Å². The Morgan fingerprint density at radius 2 is 2.00 bits per heavy atom. The van der Waals surface area contributed by atoms with Crippen LogP contribution in [-0.2, 0) is 0 Å². The molecule has 0 bridgehead atoms. The number of nitrogen functional groups attached to an aromatic ring is 1. The first kappa shape index (κ1) is 14.0. The van der Waals surface area contributed by atoms with E-state index in [0.29, 0.717) is 27.3 Å². The Balaban J connectivity index is 1.87. The summed E-state index contributed by atoms with van der Waals surface area (Å²) in [6, 6.07) is 11.1. The Morgan fingerprint density at radius 1 is 1.19 bits per heavy atom. The van der Waals surface area contributed by atoms with Crippen molar-refractivity contribution in [3.8, 4) is 0 Å². The summed E-state index contributed by atoms with van der Waals surface area (Å²) in [6.45, 7) is 1.97. The summed E-state index contributed by atoms with van der Waals surface area (Å²) < 4.78 is 5.63. The molecule has 2 aromatic carbocycles. The third-order valence-electron chi connectivity index (χ3n) is 3.18. The van der Waals surface area contributed by atoms with E-state index in [2.05, 4.69) is 10.3 Å². The van der Waals surface area contributed by atoms with Crippen molar-refractivity contribution in [1.29, 1.82) is 0 Å². The molecule has 0 aliphatic rings. The molecule has 0 saturated carbocycles. The van der Waals surface area contributed by atoms with Crippen molar-refractivity contribution < 1.29 is 4.42 Å². The van der Waals surface area contributed by atoms with E-state index in [0.717, 1.165) is 11.1 Å². The number of anilines is 2. The maximum absolute atomic E-state index is 6.20. The van der Waals surface area contributed by atoms with Crippen molar-refractivity contribution >= 4 is 46.0 Å². The van der Waals surface area contributed by atoms with Gasteiger partial charge in [0.25, 0.3) is 6.01 Å². The van der Waals surface area contributed by atoms with Crippen molar-refractivity contribution in [2.75, 3.05) is 11.1 Å². The molecule has 3 aromatic rings. The van der Waals surface area contributed by atoms with E-state index < -0.39 is 0 Å². The molecule has 6 heteroatoms. The summed E-state index contributed by atoms with van der Waals surface area (Å²) in [5.74, 6) is 0. The van der Waals surface area contributed by atoms with Crippen molar-refractivity contribution in [2.45, 2.75) is 13.0 Å². The van der Waals surface area contributed by atoms with Crippen molar-refractivity contribution in [2.24, 2.45) is 0 Å². The van der Waals surface area contributed by atoms with Gasteiger partial charge in [0, 0.05) is 21.8 Å². The molecule has 0 spiro atoms. The maximum Gasteiger partial charge on any atom is 0.296 e. The second-order valence-corrected chi connectivity index (χ2v) is 5.62. The summed E-state index contributed by atoms with van der Waals surface area (Å²) in [5, 5.41) is 4.39. The first-order valence-corrected chi connectivity index (χ1v) is 7.16. The van der Waals surface area contributed by atoms with E-state index in [1.54, 1.807) is 24.3 Å². The molecule has 3 rings (SSSR count). The molecule has 21 heavy (non-hydrogen) atoms. The summed E-state index contributed by atoms with van der Waals surface area (Å²) in [6.07, 6.45) is 0. The molecule has 1 unspecified atom stereocenters. The van der Waals surface area contributed by atoms with Gasteiger partial charge in [0.15, 0.2) is 5.58 Å². The Kier molecular flexibility index (Phi) is 3.66. The fraction of sp³-hybridized carbons (Fsp3) is 0.133. The highest BCUT2D eigenvalue weighted by molar-refractivity contribution is 6.35. The van der Waals surface area contributed by atoms with E-state index in [-0.39, 0.29) is 6.04 Å². The average Bonchev–Trinajstić information content (AvgIpc) is 2.79. The van der Waals surface area contributed by atoms with E-state index in [9.17, 15) is 0 Å². The average molecular weight is 322 g/mol. The van der Waals surface area contributed by atoms with Gasteiger partial charge in [-0.05, 0) is 36.8 Å². The molecule has 1 aromatic heterocycles. The van der Waals surface area contributed by atoms with Crippen LogP contribution in [0.15, 0.2) is 40.8 Å². The molecule has 0 amide bonds. The number of fused-ring (bicyclic) bond motifs is 1. The highest BCUT2D eigenvalue weighted by Gasteiger charge is 2.13. The third-order valence-corrected chi connectivity index (χ3v) is 3.74. The summed E-state index contributed by atoms with van der Waals surface area (Å²) in [7, 11) is 0. The third kappa shape index (κ3) is 2.91. The summed E-state index contributed by atoms with van der Waals surface area (Å²) >= 11 is 12.1. The first-order chi connectivity index (χ1) is 10.0. The van der Waals surface area contributed by atoms with Crippen LogP contribution in [0.25, 0.3) is 11.1 Å². The number of aromatic nitrogens is 1. The largest absolute Gasteiger partial charge is 0.423 e. The number of oxazole rings is 1. The monoisotopic (exact) mass is 321 g/mol. The number of nitrogens with one attached hydrogen (secondary N) is 1. The lowest BCUT2D eigenvalue weighted by Crippen LogP contribution is -2.07. The molecular formula is C15H13Cl2N3O. The number of hydrogen-bond donors (Lipinski definition) is 2. The van der Waals surface area contributed by atoms with Gasteiger partial charge in [-0.2, -0.15) is 4.98 Å². The smallest absolute Gasteiger partial charge is 0.296 e. The van der Waals surface area contributed by atoms with Crippen LogP contribution in [0.1, 0.15) is 18.5 Å². The van der Waals surface area contributed by atoms with E-state index in [1.807, 2.05) is 19.1 Å². The van der Waals surface area contributed by atoms with Crippen LogP contribution in [0.4, 0.5) is 11.7 Å². The number of nitrogens with two attached hydrogens (primary N) is 1. The fourth-order valence-corrected chi connectivity index (χ4v) is 2.69. The number of halogens is 2. The molecule has 0 radical (unpaired) electrons. The zero-order valence-corrected chi connectivity index (χ0v) is 12.7. The molecular weight excluding hydrogens is 309 g/mol. The van der Waals surface area contributed by atoms with Gasteiger partial charge >= 0.3 is 0 Å². The van der Waals surface area contributed by atoms with E-state index in [4.69, 9.17) is 33.4 Å². The molecule has 108 valence electrons. The number of hydrogen-bond acceptors (Lipinski definition) is 4. The summed E-state index contributed by atoms with van der Waals surface area (Å²) in [5.41, 5.74) is 8.67. The highest BCUT2D eigenvalue weighted by Crippen LogP contribution is 2.29. The second-order valence-electron chi connectivity index (χ2n) is 4.78. The van der Waals surface area contributed by atoms with Crippen molar-refractivity contribution in [3.05, 3.63) is 52.0 Å². The van der Waals surface area contributed by atoms with Gasteiger partial charge in [0.05, 0.1) is 6.04 Å². The Bertz CT molecular complexity index is 801. The van der Waals surface area contributed by atoms with Gasteiger partial charge in [-0.1, -0.05) is 29.3 Å². The van der Waals surface area contributed by atoms with Crippen molar-refractivity contribution in [1.82, 2.24) is 4.98 Å². The molecule has 0 fully saturated rings. The zero-order chi connectivity index (χ0) is 15.0. The van der Waals surface area contributed by atoms with Crippen molar-refractivity contribution in [3.63, 3.8) is 0 Å². The second kappa shape index (κ2) is 5.47. The molecule has 0 saturated heterocycles. The van der Waals surface area contributed by atoms with Crippen LogP contribution < -0.4 is 11.1 Å². The zero-order valence-electron chi connectivity index (χ0n) is 11.2. The Hall–Kier alpha value is -1.91. The van der Waals surface area contributed by atoms with Gasteiger partial charge in [0.1, 0.15) is 5.52 Å². The lowest BCUT2D eigenvalue weighted by Gasteiger charge is -2.14. The minimum atomic E-state index is -0.0693. The first-order valence-electron chi connectivity index (χ1n) is 6.40. The predicted molar refractivity (Wildman–Crippen MR) is 86.9 cm³/mol. The maximum atomic E-state index is 6.20.